The Morgan fingerprint density at radius 2 is 1.90 bits per heavy atom. The van der Waals surface area contributed by atoms with E-state index < -0.39 is 11.0 Å². The van der Waals surface area contributed by atoms with E-state index in [0.717, 1.165) is 50.5 Å². The highest BCUT2D eigenvalue weighted by Crippen LogP contribution is 2.51. The summed E-state index contributed by atoms with van der Waals surface area (Å²) in [6.45, 7) is 2.24. The van der Waals surface area contributed by atoms with Gasteiger partial charge in [-0.1, -0.05) is 31.2 Å². The van der Waals surface area contributed by atoms with E-state index in [1.54, 1.807) is 0 Å². The van der Waals surface area contributed by atoms with Crippen LogP contribution >= 0.6 is 0 Å². The number of benzene rings is 1. The van der Waals surface area contributed by atoms with Gasteiger partial charge in [-0.25, -0.2) is 0 Å². The Labute approximate surface area is 121 Å². The number of aryl methyl sites for hydroxylation is 1. The van der Waals surface area contributed by atoms with Crippen LogP contribution in [0, 0.1) is 17.2 Å². The molecule has 0 saturated heterocycles. The van der Waals surface area contributed by atoms with Gasteiger partial charge in [-0.3, -0.25) is 0 Å². The Hall–Kier alpha value is -1.33. The molecule has 1 aromatic carbocycles. The molecule has 2 nitrogen and oxygen atoms in total. The first kappa shape index (κ1) is 13.6. The van der Waals surface area contributed by atoms with Crippen LogP contribution in [0.25, 0.3) is 0 Å². The molecule has 1 saturated carbocycles. The van der Waals surface area contributed by atoms with Crippen molar-refractivity contribution in [2.45, 2.75) is 62.9 Å². The minimum Gasteiger partial charge on any atom is -0.388 e. The summed E-state index contributed by atoms with van der Waals surface area (Å²) >= 11 is 0. The molecule has 1 N–H and O–H groups in total. The molecule has 0 bridgehead atoms. The van der Waals surface area contributed by atoms with E-state index in [9.17, 15) is 10.4 Å². The Morgan fingerprint density at radius 3 is 2.60 bits per heavy atom. The van der Waals surface area contributed by atoms with Gasteiger partial charge in [0.15, 0.2) is 0 Å². The van der Waals surface area contributed by atoms with Crippen molar-refractivity contribution in [3.63, 3.8) is 0 Å². The summed E-state index contributed by atoms with van der Waals surface area (Å²) in [6, 6.07) is 10.8. The molecule has 1 aromatic rings. The molecule has 3 rings (SSSR count). The maximum Gasteiger partial charge on any atom is 0.111 e. The van der Waals surface area contributed by atoms with Gasteiger partial charge < -0.3 is 5.11 Å². The lowest BCUT2D eigenvalue weighted by molar-refractivity contribution is -0.0621. The van der Waals surface area contributed by atoms with Crippen LogP contribution in [0.2, 0.25) is 0 Å². The minimum atomic E-state index is -0.842. The quantitative estimate of drug-likeness (QED) is 0.844. The number of aliphatic hydroxyl groups is 1. The Bertz CT molecular complexity index is 537. The fourth-order valence-corrected chi connectivity index (χ4v) is 4.20. The summed E-state index contributed by atoms with van der Waals surface area (Å²) in [5, 5.41) is 21.3. The van der Waals surface area contributed by atoms with E-state index in [0.29, 0.717) is 5.92 Å². The fraction of sp³-hybridized carbons (Fsp3) is 0.611. The molecule has 106 valence electrons. The summed E-state index contributed by atoms with van der Waals surface area (Å²) in [6.07, 6.45) is 6.41. The zero-order valence-electron chi connectivity index (χ0n) is 12.2. The van der Waals surface area contributed by atoms with Crippen LogP contribution in [0.5, 0.6) is 0 Å². The minimum absolute atomic E-state index is 0.671. The van der Waals surface area contributed by atoms with Crippen molar-refractivity contribution in [2.24, 2.45) is 5.92 Å². The zero-order chi connectivity index (χ0) is 14.2. The number of nitriles is 1. The lowest BCUT2D eigenvalue weighted by atomic mass is 9.56. The second-order valence-corrected chi connectivity index (χ2v) is 6.74. The molecule has 2 aliphatic carbocycles. The molecule has 2 heteroatoms. The van der Waals surface area contributed by atoms with Crippen LogP contribution in [0.15, 0.2) is 24.3 Å². The van der Waals surface area contributed by atoms with Crippen LogP contribution < -0.4 is 0 Å². The van der Waals surface area contributed by atoms with E-state index in [-0.39, 0.29) is 0 Å². The van der Waals surface area contributed by atoms with Gasteiger partial charge >= 0.3 is 0 Å². The average molecular weight is 269 g/mol. The molecular formula is C18H23NO. The van der Waals surface area contributed by atoms with Crippen molar-refractivity contribution in [1.29, 1.82) is 5.26 Å². The van der Waals surface area contributed by atoms with Gasteiger partial charge in [0.2, 0.25) is 0 Å². The predicted octanol–water partition coefficient (Wildman–Crippen LogP) is 3.73. The molecule has 20 heavy (non-hydrogen) atoms. The van der Waals surface area contributed by atoms with E-state index in [1.807, 2.05) is 12.1 Å². The molecule has 1 fully saturated rings. The lowest BCUT2D eigenvalue weighted by Crippen LogP contribution is -2.54. The predicted molar refractivity (Wildman–Crippen MR) is 79.3 cm³/mol. The van der Waals surface area contributed by atoms with Crippen molar-refractivity contribution < 1.29 is 5.11 Å². The first-order chi connectivity index (χ1) is 9.61. The van der Waals surface area contributed by atoms with Gasteiger partial charge in [0, 0.05) is 0 Å². The van der Waals surface area contributed by atoms with Crippen LogP contribution in [0.3, 0.4) is 0 Å². The lowest BCUT2D eigenvalue weighted by Gasteiger charge is -2.49. The second-order valence-electron chi connectivity index (χ2n) is 6.74. The van der Waals surface area contributed by atoms with Gasteiger partial charge in [0.25, 0.3) is 0 Å². The topological polar surface area (TPSA) is 44.0 Å². The maximum absolute atomic E-state index is 11.3. The van der Waals surface area contributed by atoms with Crippen LogP contribution in [-0.2, 0) is 11.8 Å². The number of hydrogen-bond acceptors (Lipinski definition) is 2. The van der Waals surface area contributed by atoms with E-state index >= 15 is 0 Å². The first-order valence-corrected chi connectivity index (χ1v) is 7.83. The summed E-state index contributed by atoms with van der Waals surface area (Å²) in [4.78, 5) is 0. The smallest absolute Gasteiger partial charge is 0.111 e. The monoisotopic (exact) mass is 269 g/mol. The van der Waals surface area contributed by atoms with Gasteiger partial charge in [-0.05, 0) is 62.0 Å². The Kier molecular flexibility index (Phi) is 3.34. The van der Waals surface area contributed by atoms with E-state index in [2.05, 4.69) is 25.1 Å². The molecule has 0 radical (unpaired) electrons. The SMILES string of the molecule is CC1CCC(O)(C2(C#N)CCCc3ccccc32)CC1. The third-order valence-corrected chi connectivity index (χ3v) is 5.56. The van der Waals surface area contributed by atoms with Crippen LogP contribution in [0.4, 0.5) is 0 Å². The highest BCUT2D eigenvalue weighted by atomic mass is 16.3. The molecule has 0 aliphatic heterocycles. The summed E-state index contributed by atoms with van der Waals surface area (Å²) in [5.41, 5.74) is 0.811. The largest absolute Gasteiger partial charge is 0.388 e. The van der Waals surface area contributed by atoms with Gasteiger partial charge in [0.05, 0.1) is 11.7 Å². The molecule has 1 unspecified atom stereocenters. The number of hydrogen-bond donors (Lipinski definition) is 1. The van der Waals surface area contributed by atoms with Gasteiger partial charge in [-0.15, -0.1) is 0 Å². The molecule has 0 amide bonds. The summed E-state index contributed by atoms with van der Waals surface area (Å²) in [5.74, 6) is 0.671. The Morgan fingerprint density at radius 1 is 1.20 bits per heavy atom. The molecule has 0 aromatic heterocycles. The fourth-order valence-electron chi connectivity index (χ4n) is 4.20. The number of nitrogens with zero attached hydrogens (tertiary/aromatic N) is 1. The zero-order valence-corrected chi connectivity index (χ0v) is 12.2. The van der Waals surface area contributed by atoms with Crippen LogP contribution in [-0.4, -0.2) is 10.7 Å². The summed E-state index contributed by atoms with van der Waals surface area (Å²) < 4.78 is 0. The molecular weight excluding hydrogens is 246 g/mol. The summed E-state index contributed by atoms with van der Waals surface area (Å²) in [7, 11) is 0. The normalized spacial score (nSPS) is 37.0. The third-order valence-electron chi connectivity index (χ3n) is 5.56. The molecule has 2 aliphatic rings. The van der Waals surface area contributed by atoms with E-state index in [4.69, 9.17) is 0 Å². The van der Waals surface area contributed by atoms with Gasteiger partial charge in [-0.2, -0.15) is 5.26 Å². The Balaban J connectivity index is 2.07. The van der Waals surface area contributed by atoms with E-state index in [1.165, 1.54) is 5.56 Å². The highest BCUT2D eigenvalue weighted by molar-refractivity contribution is 5.45. The molecule has 0 spiro atoms. The standard InChI is InChI=1S/C18H23NO/c1-14-8-11-18(20,12-9-14)17(13-19)10-4-6-15-5-2-3-7-16(15)17/h2-3,5,7,14,20H,4,6,8-12H2,1H3. The maximum atomic E-state index is 11.3. The number of rotatable bonds is 1. The van der Waals surface area contributed by atoms with Crippen molar-refractivity contribution >= 4 is 0 Å². The van der Waals surface area contributed by atoms with Crippen molar-refractivity contribution in [1.82, 2.24) is 0 Å². The third kappa shape index (κ3) is 1.88. The highest BCUT2D eigenvalue weighted by Gasteiger charge is 2.54. The van der Waals surface area contributed by atoms with Crippen molar-refractivity contribution in [2.75, 3.05) is 0 Å². The van der Waals surface area contributed by atoms with Crippen LogP contribution in [0.1, 0.15) is 56.6 Å². The van der Waals surface area contributed by atoms with Gasteiger partial charge in [0.1, 0.15) is 5.41 Å². The first-order valence-electron chi connectivity index (χ1n) is 7.83. The van der Waals surface area contributed by atoms with Crippen molar-refractivity contribution in [3.05, 3.63) is 35.4 Å². The number of fused-ring (bicyclic) bond motifs is 1. The molecule has 1 atom stereocenters. The second kappa shape index (κ2) is 4.90. The van der Waals surface area contributed by atoms with Crippen molar-refractivity contribution in [3.8, 4) is 6.07 Å². The average Bonchev–Trinajstić information content (AvgIpc) is 2.49. The molecule has 0 heterocycles.